The van der Waals surface area contributed by atoms with Crippen molar-refractivity contribution in [1.82, 2.24) is 0 Å². The topological polar surface area (TPSA) is 73.9 Å². The predicted octanol–water partition coefficient (Wildman–Crippen LogP) is 3.26. The van der Waals surface area contributed by atoms with E-state index in [1.54, 1.807) is 19.2 Å². The van der Waals surface area contributed by atoms with E-state index in [1.807, 2.05) is 44.2 Å². The van der Waals surface area contributed by atoms with Crippen LogP contribution in [0.5, 0.6) is 11.5 Å². The van der Waals surface area contributed by atoms with Crippen molar-refractivity contribution >= 4 is 17.6 Å². The van der Waals surface area contributed by atoms with Crippen molar-refractivity contribution in [3.05, 3.63) is 53.6 Å². The number of benzene rings is 2. The molecule has 0 atom stereocenters. The number of amides is 1. The summed E-state index contributed by atoms with van der Waals surface area (Å²) in [6, 6.07) is 12.9. The first-order valence-corrected chi connectivity index (χ1v) is 8.28. The highest BCUT2D eigenvalue weighted by atomic mass is 16.5. The quantitative estimate of drug-likeness (QED) is 0.734. The van der Waals surface area contributed by atoms with Gasteiger partial charge < -0.3 is 19.5 Å². The fourth-order valence-electron chi connectivity index (χ4n) is 2.26. The monoisotopic (exact) mass is 357 g/mol. The zero-order chi connectivity index (χ0) is 18.9. The van der Waals surface area contributed by atoms with Gasteiger partial charge in [0, 0.05) is 5.69 Å². The van der Waals surface area contributed by atoms with E-state index in [2.05, 4.69) is 5.32 Å². The molecule has 0 spiro atoms. The lowest BCUT2D eigenvalue weighted by atomic mass is 10.1. The minimum atomic E-state index is -0.504. The fraction of sp³-hybridized carbons (Fsp3) is 0.300. The average molecular weight is 357 g/mol. The molecule has 0 aromatic heterocycles. The van der Waals surface area contributed by atoms with Crippen molar-refractivity contribution in [3.8, 4) is 11.5 Å². The fourth-order valence-corrected chi connectivity index (χ4v) is 2.26. The van der Waals surface area contributed by atoms with Crippen LogP contribution in [0.25, 0.3) is 0 Å². The van der Waals surface area contributed by atoms with Crippen LogP contribution in [0.2, 0.25) is 0 Å². The highest BCUT2D eigenvalue weighted by Gasteiger charge is 2.10. The Hall–Kier alpha value is -3.02. The molecule has 6 heteroatoms. The molecule has 0 aliphatic heterocycles. The van der Waals surface area contributed by atoms with Crippen molar-refractivity contribution < 1.29 is 23.8 Å². The SMILES string of the molecule is COc1ccccc1OCCC(=O)OCC(=O)Nc1cc(C)ccc1C. The van der Waals surface area contributed by atoms with Crippen molar-refractivity contribution in [2.75, 3.05) is 25.6 Å². The maximum absolute atomic E-state index is 11.9. The van der Waals surface area contributed by atoms with Gasteiger partial charge in [-0.3, -0.25) is 9.59 Å². The molecule has 26 heavy (non-hydrogen) atoms. The number of hydrogen-bond donors (Lipinski definition) is 1. The van der Waals surface area contributed by atoms with Crippen LogP contribution in [0, 0.1) is 13.8 Å². The molecule has 1 N–H and O–H groups in total. The normalized spacial score (nSPS) is 10.1. The lowest BCUT2D eigenvalue weighted by Gasteiger charge is -2.11. The lowest BCUT2D eigenvalue weighted by molar-refractivity contribution is -0.147. The summed E-state index contributed by atoms with van der Waals surface area (Å²) in [5.41, 5.74) is 2.70. The molecule has 0 fully saturated rings. The van der Waals surface area contributed by atoms with Gasteiger partial charge in [-0.25, -0.2) is 0 Å². The predicted molar refractivity (Wildman–Crippen MR) is 98.6 cm³/mol. The van der Waals surface area contributed by atoms with Crippen molar-refractivity contribution in [2.24, 2.45) is 0 Å². The van der Waals surface area contributed by atoms with Gasteiger partial charge in [0.15, 0.2) is 18.1 Å². The van der Waals surface area contributed by atoms with Crippen LogP contribution in [0.4, 0.5) is 5.69 Å². The maximum atomic E-state index is 11.9. The smallest absolute Gasteiger partial charge is 0.309 e. The summed E-state index contributed by atoms with van der Waals surface area (Å²) in [5, 5.41) is 2.74. The number of rotatable bonds is 8. The van der Waals surface area contributed by atoms with E-state index in [-0.39, 0.29) is 25.5 Å². The summed E-state index contributed by atoms with van der Waals surface area (Å²) in [6.07, 6.45) is 0.0365. The molecule has 0 saturated carbocycles. The molecule has 0 saturated heterocycles. The van der Waals surface area contributed by atoms with E-state index in [0.717, 1.165) is 11.1 Å². The van der Waals surface area contributed by atoms with Crippen LogP contribution >= 0.6 is 0 Å². The second-order valence-electron chi connectivity index (χ2n) is 5.78. The van der Waals surface area contributed by atoms with Gasteiger partial charge in [0.25, 0.3) is 5.91 Å². The number of methoxy groups -OCH3 is 1. The van der Waals surface area contributed by atoms with Gasteiger partial charge in [-0.05, 0) is 43.2 Å². The number of aryl methyl sites for hydroxylation is 2. The third kappa shape index (κ3) is 5.81. The second kappa shape index (κ2) is 9.46. The van der Waals surface area contributed by atoms with Crippen LogP contribution in [0.15, 0.2) is 42.5 Å². The highest BCUT2D eigenvalue weighted by molar-refractivity contribution is 5.93. The molecule has 2 aromatic rings. The van der Waals surface area contributed by atoms with Crippen molar-refractivity contribution in [3.63, 3.8) is 0 Å². The van der Waals surface area contributed by atoms with Gasteiger partial charge in [0.2, 0.25) is 0 Å². The number of anilines is 1. The number of ether oxygens (including phenoxy) is 3. The Kier molecular flexibility index (Phi) is 7.02. The Balaban J connectivity index is 1.73. The van der Waals surface area contributed by atoms with E-state index >= 15 is 0 Å². The average Bonchev–Trinajstić information content (AvgIpc) is 2.63. The maximum Gasteiger partial charge on any atom is 0.309 e. The van der Waals surface area contributed by atoms with Crippen molar-refractivity contribution in [2.45, 2.75) is 20.3 Å². The Morgan fingerprint density at radius 1 is 1.04 bits per heavy atom. The Bertz CT molecular complexity index is 773. The first-order valence-electron chi connectivity index (χ1n) is 8.28. The minimum Gasteiger partial charge on any atom is -0.493 e. The minimum absolute atomic E-state index is 0.0365. The summed E-state index contributed by atoms with van der Waals surface area (Å²) < 4.78 is 15.6. The first kappa shape index (κ1) is 19.3. The molecule has 2 aromatic carbocycles. The van der Waals surface area contributed by atoms with E-state index < -0.39 is 5.97 Å². The van der Waals surface area contributed by atoms with Gasteiger partial charge in [0.1, 0.15) is 0 Å². The molecule has 0 radical (unpaired) electrons. The summed E-state index contributed by atoms with van der Waals surface area (Å²) in [7, 11) is 1.55. The van der Waals surface area contributed by atoms with Gasteiger partial charge in [0.05, 0.1) is 20.1 Å². The zero-order valence-corrected chi connectivity index (χ0v) is 15.2. The molecule has 1 amide bonds. The number of carbonyl (C=O) groups is 2. The van der Waals surface area contributed by atoms with Crippen LogP contribution in [-0.2, 0) is 14.3 Å². The largest absolute Gasteiger partial charge is 0.493 e. The molecular weight excluding hydrogens is 334 g/mol. The molecule has 0 unspecified atom stereocenters. The van der Waals surface area contributed by atoms with Gasteiger partial charge in [-0.1, -0.05) is 24.3 Å². The number of nitrogens with one attached hydrogen (secondary N) is 1. The highest BCUT2D eigenvalue weighted by Crippen LogP contribution is 2.25. The van der Waals surface area contributed by atoms with Gasteiger partial charge >= 0.3 is 5.97 Å². The third-order valence-electron chi connectivity index (χ3n) is 3.66. The first-order chi connectivity index (χ1) is 12.5. The molecule has 0 aliphatic carbocycles. The standard InChI is InChI=1S/C20H23NO5/c1-14-8-9-15(2)16(12-14)21-19(22)13-26-20(23)10-11-25-18-7-5-4-6-17(18)24-3/h4-9,12H,10-11,13H2,1-3H3,(H,21,22). The Morgan fingerprint density at radius 3 is 2.50 bits per heavy atom. The van der Waals surface area contributed by atoms with Crippen LogP contribution in [0.3, 0.4) is 0 Å². The number of para-hydroxylation sites is 2. The molecule has 2 rings (SSSR count). The van der Waals surface area contributed by atoms with Gasteiger partial charge in [-0.2, -0.15) is 0 Å². The molecule has 138 valence electrons. The molecule has 0 aliphatic rings. The second-order valence-corrected chi connectivity index (χ2v) is 5.78. The molecule has 6 nitrogen and oxygen atoms in total. The summed E-state index contributed by atoms with van der Waals surface area (Å²) in [5.74, 6) is 0.262. The Morgan fingerprint density at radius 2 is 1.77 bits per heavy atom. The van der Waals surface area contributed by atoms with E-state index in [9.17, 15) is 9.59 Å². The number of carbonyl (C=O) groups excluding carboxylic acids is 2. The number of esters is 1. The lowest BCUT2D eigenvalue weighted by Crippen LogP contribution is -2.22. The van der Waals surface area contributed by atoms with Gasteiger partial charge in [-0.15, -0.1) is 0 Å². The van der Waals surface area contributed by atoms with E-state index in [4.69, 9.17) is 14.2 Å². The van der Waals surface area contributed by atoms with E-state index in [0.29, 0.717) is 17.2 Å². The number of hydrogen-bond acceptors (Lipinski definition) is 5. The Labute approximate surface area is 153 Å². The molecule has 0 bridgehead atoms. The van der Waals surface area contributed by atoms with Crippen LogP contribution in [-0.4, -0.2) is 32.2 Å². The summed E-state index contributed by atoms with van der Waals surface area (Å²) >= 11 is 0. The summed E-state index contributed by atoms with van der Waals surface area (Å²) in [6.45, 7) is 3.64. The summed E-state index contributed by atoms with van der Waals surface area (Å²) in [4.78, 5) is 23.7. The van der Waals surface area contributed by atoms with Crippen molar-refractivity contribution in [1.29, 1.82) is 0 Å². The molecule has 0 heterocycles. The van der Waals surface area contributed by atoms with Crippen LogP contribution < -0.4 is 14.8 Å². The zero-order valence-electron chi connectivity index (χ0n) is 15.2. The van der Waals surface area contributed by atoms with E-state index in [1.165, 1.54) is 0 Å². The molecular formula is C20H23NO5. The third-order valence-corrected chi connectivity index (χ3v) is 3.66. The van der Waals surface area contributed by atoms with Crippen LogP contribution in [0.1, 0.15) is 17.5 Å².